The Morgan fingerprint density at radius 1 is 1.15 bits per heavy atom. The summed E-state index contributed by atoms with van der Waals surface area (Å²) >= 11 is 5.82. The standard InChI is InChI=1S/C14H15ClN2O2S/c1-20(18,19)13-6-7-14(17-10-13)16-9-8-11-2-4-12(15)5-3-11/h2-7,10H,8-9H2,1H3,(H,16,17). The van der Waals surface area contributed by atoms with Gasteiger partial charge < -0.3 is 5.32 Å². The number of nitrogens with one attached hydrogen (secondary N) is 1. The minimum absolute atomic E-state index is 0.223. The molecule has 0 saturated carbocycles. The lowest BCUT2D eigenvalue weighted by Crippen LogP contribution is -2.07. The Labute approximate surface area is 123 Å². The number of hydrogen-bond acceptors (Lipinski definition) is 4. The second-order valence-corrected chi connectivity index (χ2v) is 6.91. The van der Waals surface area contributed by atoms with Crippen molar-refractivity contribution in [3.63, 3.8) is 0 Å². The first-order chi connectivity index (χ1) is 9.45. The molecule has 0 amide bonds. The van der Waals surface area contributed by atoms with Crippen LogP contribution in [-0.2, 0) is 16.3 Å². The number of anilines is 1. The highest BCUT2D eigenvalue weighted by atomic mass is 35.5. The van der Waals surface area contributed by atoms with Gasteiger partial charge in [0.1, 0.15) is 5.82 Å². The van der Waals surface area contributed by atoms with Crippen LogP contribution in [0.3, 0.4) is 0 Å². The van der Waals surface area contributed by atoms with E-state index in [1.165, 1.54) is 11.8 Å². The van der Waals surface area contributed by atoms with Gasteiger partial charge in [0.05, 0.1) is 4.90 Å². The van der Waals surface area contributed by atoms with Gasteiger partial charge in [0.15, 0.2) is 9.84 Å². The van der Waals surface area contributed by atoms with Crippen molar-refractivity contribution in [2.24, 2.45) is 0 Å². The largest absolute Gasteiger partial charge is 0.370 e. The van der Waals surface area contributed by atoms with Crippen LogP contribution in [0.4, 0.5) is 5.82 Å². The summed E-state index contributed by atoms with van der Waals surface area (Å²) in [6, 6.07) is 10.9. The molecule has 0 fully saturated rings. The van der Waals surface area contributed by atoms with Gasteiger partial charge in [-0.1, -0.05) is 23.7 Å². The van der Waals surface area contributed by atoms with Crippen LogP contribution in [0.5, 0.6) is 0 Å². The molecule has 1 aromatic carbocycles. The lowest BCUT2D eigenvalue weighted by Gasteiger charge is -2.06. The molecule has 1 N–H and O–H groups in total. The van der Waals surface area contributed by atoms with E-state index in [0.717, 1.165) is 17.7 Å². The lowest BCUT2D eigenvalue weighted by molar-refractivity contribution is 0.601. The molecule has 0 aliphatic carbocycles. The molecular weight excluding hydrogens is 296 g/mol. The van der Waals surface area contributed by atoms with E-state index >= 15 is 0 Å². The summed E-state index contributed by atoms with van der Waals surface area (Å²) in [5.41, 5.74) is 1.18. The highest BCUT2D eigenvalue weighted by Crippen LogP contribution is 2.12. The highest BCUT2D eigenvalue weighted by Gasteiger charge is 2.06. The van der Waals surface area contributed by atoms with Crippen molar-refractivity contribution >= 4 is 27.3 Å². The van der Waals surface area contributed by atoms with Gasteiger partial charge in [-0.25, -0.2) is 13.4 Å². The molecule has 0 bridgehead atoms. The molecule has 0 aliphatic rings. The third-order valence-corrected chi connectivity index (χ3v) is 4.15. The van der Waals surface area contributed by atoms with Gasteiger partial charge in [-0.3, -0.25) is 0 Å². The molecule has 1 heterocycles. The topological polar surface area (TPSA) is 59.1 Å². The number of aromatic nitrogens is 1. The van der Waals surface area contributed by atoms with Crippen LogP contribution < -0.4 is 5.32 Å². The Balaban J connectivity index is 1.90. The number of hydrogen-bond donors (Lipinski definition) is 1. The number of sulfone groups is 1. The molecule has 20 heavy (non-hydrogen) atoms. The maximum Gasteiger partial charge on any atom is 0.177 e. The van der Waals surface area contributed by atoms with Crippen LogP contribution in [0.15, 0.2) is 47.5 Å². The zero-order chi connectivity index (χ0) is 14.6. The van der Waals surface area contributed by atoms with E-state index in [0.29, 0.717) is 12.4 Å². The average Bonchev–Trinajstić information content (AvgIpc) is 2.41. The van der Waals surface area contributed by atoms with Gasteiger partial charge in [-0.05, 0) is 36.2 Å². The van der Waals surface area contributed by atoms with Crippen molar-refractivity contribution in [2.75, 3.05) is 18.1 Å². The van der Waals surface area contributed by atoms with Gasteiger partial charge in [-0.15, -0.1) is 0 Å². The van der Waals surface area contributed by atoms with Crippen LogP contribution in [0.25, 0.3) is 0 Å². The quantitative estimate of drug-likeness (QED) is 0.922. The van der Waals surface area contributed by atoms with E-state index in [4.69, 9.17) is 11.6 Å². The maximum atomic E-state index is 11.3. The number of pyridine rings is 1. The van der Waals surface area contributed by atoms with E-state index in [-0.39, 0.29) is 4.90 Å². The van der Waals surface area contributed by atoms with Crippen molar-refractivity contribution in [1.82, 2.24) is 4.98 Å². The van der Waals surface area contributed by atoms with Crippen molar-refractivity contribution in [2.45, 2.75) is 11.3 Å². The van der Waals surface area contributed by atoms with Crippen molar-refractivity contribution < 1.29 is 8.42 Å². The number of halogens is 1. The monoisotopic (exact) mass is 310 g/mol. The van der Waals surface area contributed by atoms with Crippen LogP contribution >= 0.6 is 11.6 Å². The lowest BCUT2D eigenvalue weighted by atomic mass is 10.1. The van der Waals surface area contributed by atoms with Crippen molar-refractivity contribution in [3.8, 4) is 0 Å². The van der Waals surface area contributed by atoms with Crippen molar-refractivity contribution in [3.05, 3.63) is 53.2 Å². The summed E-state index contributed by atoms with van der Waals surface area (Å²) in [4.78, 5) is 4.30. The molecule has 0 radical (unpaired) electrons. The first kappa shape index (κ1) is 14.8. The van der Waals surface area contributed by atoms with E-state index in [2.05, 4.69) is 10.3 Å². The second-order valence-electron chi connectivity index (χ2n) is 4.45. The van der Waals surface area contributed by atoms with Gasteiger partial charge in [0.25, 0.3) is 0 Å². The SMILES string of the molecule is CS(=O)(=O)c1ccc(NCCc2ccc(Cl)cc2)nc1. The molecule has 0 spiro atoms. The highest BCUT2D eigenvalue weighted by molar-refractivity contribution is 7.90. The first-order valence-electron chi connectivity index (χ1n) is 6.09. The third-order valence-electron chi connectivity index (χ3n) is 2.80. The fourth-order valence-electron chi connectivity index (χ4n) is 1.69. The number of benzene rings is 1. The van der Waals surface area contributed by atoms with E-state index < -0.39 is 9.84 Å². The average molecular weight is 311 g/mol. The van der Waals surface area contributed by atoms with E-state index in [1.807, 2.05) is 24.3 Å². The third kappa shape index (κ3) is 4.21. The predicted molar refractivity (Wildman–Crippen MR) is 81.0 cm³/mol. The van der Waals surface area contributed by atoms with Gasteiger partial charge in [-0.2, -0.15) is 0 Å². The fraction of sp³-hybridized carbons (Fsp3) is 0.214. The van der Waals surface area contributed by atoms with Gasteiger partial charge in [0, 0.05) is 24.0 Å². The number of nitrogens with zero attached hydrogens (tertiary/aromatic N) is 1. The molecular formula is C14H15ClN2O2S. The molecule has 6 heteroatoms. The summed E-state index contributed by atoms with van der Waals surface area (Å²) in [6.45, 7) is 0.715. The number of rotatable bonds is 5. The van der Waals surface area contributed by atoms with Crippen LogP contribution in [0.1, 0.15) is 5.56 Å². The van der Waals surface area contributed by atoms with Crippen LogP contribution in [-0.4, -0.2) is 26.2 Å². The van der Waals surface area contributed by atoms with E-state index in [9.17, 15) is 8.42 Å². The van der Waals surface area contributed by atoms with Crippen LogP contribution in [0, 0.1) is 0 Å². The summed E-state index contributed by atoms with van der Waals surface area (Å²) < 4.78 is 22.6. The molecule has 1 aromatic heterocycles. The maximum absolute atomic E-state index is 11.3. The Morgan fingerprint density at radius 2 is 1.85 bits per heavy atom. The molecule has 0 unspecified atom stereocenters. The van der Waals surface area contributed by atoms with Gasteiger partial charge in [0.2, 0.25) is 0 Å². The summed E-state index contributed by atoms with van der Waals surface area (Å²) in [5, 5.41) is 3.87. The smallest absolute Gasteiger partial charge is 0.177 e. The Bertz CT molecular complexity index is 667. The first-order valence-corrected chi connectivity index (χ1v) is 8.36. The molecule has 0 saturated heterocycles. The molecule has 2 rings (SSSR count). The Kier molecular flexibility index (Phi) is 4.62. The molecule has 2 aromatic rings. The van der Waals surface area contributed by atoms with Crippen molar-refractivity contribution in [1.29, 1.82) is 0 Å². The Morgan fingerprint density at radius 3 is 2.40 bits per heavy atom. The summed E-state index contributed by atoms with van der Waals surface area (Å²) in [6.07, 6.45) is 3.37. The van der Waals surface area contributed by atoms with E-state index in [1.54, 1.807) is 12.1 Å². The normalized spacial score (nSPS) is 11.3. The molecule has 4 nitrogen and oxygen atoms in total. The van der Waals surface area contributed by atoms with Crippen LogP contribution in [0.2, 0.25) is 5.02 Å². The summed E-state index contributed by atoms with van der Waals surface area (Å²) in [5.74, 6) is 0.659. The zero-order valence-electron chi connectivity index (χ0n) is 11.0. The molecule has 0 atom stereocenters. The molecule has 0 aliphatic heterocycles. The second kappa shape index (κ2) is 6.24. The van der Waals surface area contributed by atoms with Gasteiger partial charge >= 0.3 is 0 Å². The molecule has 106 valence electrons. The zero-order valence-corrected chi connectivity index (χ0v) is 12.6. The predicted octanol–water partition coefficient (Wildman–Crippen LogP) is 2.79. The minimum Gasteiger partial charge on any atom is -0.370 e. The minimum atomic E-state index is -3.19. The Hall–Kier alpha value is -1.59. The fourth-order valence-corrected chi connectivity index (χ4v) is 2.38. The summed E-state index contributed by atoms with van der Waals surface area (Å²) in [7, 11) is -3.19.